The van der Waals surface area contributed by atoms with Crippen molar-refractivity contribution in [3.8, 4) is 0 Å². The lowest BCUT2D eigenvalue weighted by Crippen LogP contribution is -2.48. The number of benzene rings is 2. The molecule has 2 unspecified atom stereocenters. The molecule has 0 bridgehead atoms. The highest BCUT2D eigenvalue weighted by Gasteiger charge is 2.39. The van der Waals surface area contributed by atoms with E-state index in [1.807, 2.05) is 6.07 Å². The monoisotopic (exact) mass is 412 g/mol. The molecular formula is C24H26F2N2O2. The number of rotatable bonds is 5. The maximum Gasteiger partial charge on any atom is 0.225 e. The second kappa shape index (κ2) is 8.54. The Kier molecular flexibility index (Phi) is 5.84. The molecule has 0 radical (unpaired) electrons. The molecule has 1 saturated heterocycles. The molecule has 2 aromatic carbocycles. The lowest BCUT2D eigenvalue weighted by atomic mass is 9.83. The number of nitrogens with zero attached hydrogens (tertiary/aromatic N) is 1. The van der Waals surface area contributed by atoms with Crippen LogP contribution in [0.15, 0.2) is 42.5 Å². The summed E-state index contributed by atoms with van der Waals surface area (Å²) in [6.45, 7) is 2.90. The van der Waals surface area contributed by atoms with Gasteiger partial charge in [-0.1, -0.05) is 24.3 Å². The van der Waals surface area contributed by atoms with E-state index in [1.54, 1.807) is 30.0 Å². The molecule has 1 heterocycles. The predicted octanol–water partition coefficient (Wildman–Crippen LogP) is 3.93. The molecule has 1 saturated carbocycles. The molecule has 2 amide bonds. The van der Waals surface area contributed by atoms with Crippen molar-refractivity contribution in [1.29, 1.82) is 0 Å². The van der Waals surface area contributed by atoms with Gasteiger partial charge in [0.1, 0.15) is 11.6 Å². The minimum absolute atomic E-state index is 0.0225. The number of likely N-dealkylation sites (tertiary alicyclic amines) is 1. The van der Waals surface area contributed by atoms with Crippen molar-refractivity contribution in [2.24, 2.45) is 11.8 Å². The summed E-state index contributed by atoms with van der Waals surface area (Å²) in [5.41, 5.74) is 2.20. The minimum atomic E-state index is -0.356. The quantitative estimate of drug-likeness (QED) is 0.809. The molecule has 30 heavy (non-hydrogen) atoms. The highest BCUT2D eigenvalue weighted by molar-refractivity contribution is 5.83. The Morgan fingerprint density at radius 3 is 2.57 bits per heavy atom. The molecule has 1 aliphatic carbocycles. The Hall–Kier alpha value is -2.76. The zero-order valence-corrected chi connectivity index (χ0v) is 17.0. The maximum atomic E-state index is 13.7. The van der Waals surface area contributed by atoms with Crippen LogP contribution in [0.4, 0.5) is 8.78 Å². The SMILES string of the molecule is Cc1cc(C2CC(C(=O)NCc3cccc(F)c3)CN(C(=O)C3CC3)C2)ccc1F. The Balaban J connectivity index is 1.49. The molecular weight excluding hydrogens is 386 g/mol. The first-order chi connectivity index (χ1) is 14.4. The van der Waals surface area contributed by atoms with E-state index < -0.39 is 0 Å². The van der Waals surface area contributed by atoms with Crippen molar-refractivity contribution < 1.29 is 18.4 Å². The van der Waals surface area contributed by atoms with Gasteiger partial charge in [0.05, 0.1) is 5.92 Å². The van der Waals surface area contributed by atoms with Crippen LogP contribution in [0, 0.1) is 30.4 Å². The van der Waals surface area contributed by atoms with E-state index in [2.05, 4.69) is 5.32 Å². The van der Waals surface area contributed by atoms with Gasteiger partial charge in [-0.2, -0.15) is 0 Å². The van der Waals surface area contributed by atoms with Crippen molar-refractivity contribution in [2.45, 2.75) is 38.6 Å². The first-order valence-electron chi connectivity index (χ1n) is 10.5. The van der Waals surface area contributed by atoms with Gasteiger partial charge in [-0.05, 0) is 61.1 Å². The number of carbonyl (C=O) groups is 2. The fourth-order valence-corrected chi connectivity index (χ4v) is 4.20. The molecule has 2 aromatic rings. The average Bonchev–Trinajstić information content (AvgIpc) is 3.58. The molecule has 4 rings (SSSR count). The Bertz CT molecular complexity index is 958. The largest absolute Gasteiger partial charge is 0.352 e. The summed E-state index contributed by atoms with van der Waals surface area (Å²) >= 11 is 0. The number of hydrogen-bond acceptors (Lipinski definition) is 2. The Morgan fingerprint density at radius 1 is 1.07 bits per heavy atom. The van der Waals surface area contributed by atoms with Gasteiger partial charge in [0.2, 0.25) is 11.8 Å². The summed E-state index contributed by atoms with van der Waals surface area (Å²) in [5.74, 6) is -0.930. The third-order valence-corrected chi connectivity index (χ3v) is 6.07. The van der Waals surface area contributed by atoms with Crippen LogP contribution in [0.2, 0.25) is 0 Å². The Labute approximate surface area is 175 Å². The number of nitrogens with one attached hydrogen (secondary N) is 1. The molecule has 4 nitrogen and oxygen atoms in total. The summed E-state index contributed by atoms with van der Waals surface area (Å²) in [7, 11) is 0. The van der Waals surface area contributed by atoms with Crippen LogP contribution in [0.1, 0.15) is 41.9 Å². The average molecular weight is 412 g/mol. The number of hydrogen-bond donors (Lipinski definition) is 1. The van der Waals surface area contributed by atoms with E-state index in [0.29, 0.717) is 30.6 Å². The lowest BCUT2D eigenvalue weighted by molar-refractivity contribution is -0.137. The fourth-order valence-electron chi connectivity index (χ4n) is 4.20. The number of piperidine rings is 1. The number of halogens is 2. The fraction of sp³-hybridized carbons (Fsp3) is 0.417. The van der Waals surface area contributed by atoms with Crippen molar-refractivity contribution in [3.63, 3.8) is 0 Å². The summed E-state index contributed by atoms with van der Waals surface area (Å²) < 4.78 is 27.1. The zero-order valence-electron chi connectivity index (χ0n) is 17.0. The van der Waals surface area contributed by atoms with E-state index in [1.165, 1.54) is 18.2 Å². The number of amides is 2. The van der Waals surface area contributed by atoms with Gasteiger partial charge >= 0.3 is 0 Å². The van der Waals surface area contributed by atoms with E-state index in [9.17, 15) is 18.4 Å². The van der Waals surface area contributed by atoms with E-state index in [0.717, 1.165) is 18.4 Å². The summed E-state index contributed by atoms with van der Waals surface area (Å²) in [4.78, 5) is 27.4. The van der Waals surface area contributed by atoms with Gasteiger partial charge in [0, 0.05) is 31.5 Å². The van der Waals surface area contributed by atoms with E-state index in [-0.39, 0.29) is 47.7 Å². The summed E-state index contributed by atoms with van der Waals surface area (Å²) in [5, 5.41) is 2.89. The van der Waals surface area contributed by atoms with Gasteiger partial charge in [-0.25, -0.2) is 8.78 Å². The topological polar surface area (TPSA) is 49.4 Å². The van der Waals surface area contributed by atoms with Gasteiger partial charge in [-0.3, -0.25) is 9.59 Å². The molecule has 1 N–H and O–H groups in total. The van der Waals surface area contributed by atoms with Gasteiger partial charge < -0.3 is 10.2 Å². The first kappa shape index (κ1) is 20.5. The third kappa shape index (κ3) is 4.69. The second-order valence-electron chi connectivity index (χ2n) is 8.50. The van der Waals surface area contributed by atoms with Crippen LogP contribution in [0.3, 0.4) is 0 Å². The summed E-state index contributed by atoms with van der Waals surface area (Å²) in [6, 6.07) is 11.1. The van der Waals surface area contributed by atoms with Crippen LogP contribution >= 0.6 is 0 Å². The van der Waals surface area contributed by atoms with Gasteiger partial charge in [0.25, 0.3) is 0 Å². The van der Waals surface area contributed by atoms with Gasteiger partial charge in [0.15, 0.2) is 0 Å². The van der Waals surface area contributed by atoms with Crippen molar-refractivity contribution in [2.75, 3.05) is 13.1 Å². The minimum Gasteiger partial charge on any atom is -0.352 e. The van der Waals surface area contributed by atoms with Crippen LogP contribution in [0.5, 0.6) is 0 Å². The normalized spacial score (nSPS) is 21.4. The summed E-state index contributed by atoms with van der Waals surface area (Å²) in [6.07, 6.45) is 2.41. The molecule has 1 aliphatic heterocycles. The number of aryl methyl sites for hydroxylation is 1. The smallest absolute Gasteiger partial charge is 0.225 e. The van der Waals surface area contributed by atoms with Gasteiger partial charge in [-0.15, -0.1) is 0 Å². The molecule has 2 fully saturated rings. The van der Waals surface area contributed by atoms with Crippen LogP contribution < -0.4 is 5.32 Å². The highest BCUT2D eigenvalue weighted by atomic mass is 19.1. The van der Waals surface area contributed by atoms with Crippen LogP contribution in [-0.2, 0) is 16.1 Å². The molecule has 6 heteroatoms. The van der Waals surface area contributed by atoms with Crippen molar-refractivity contribution in [1.82, 2.24) is 10.2 Å². The van der Waals surface area contributed by atoms with Crippen molar-refractivity contribution >= 4 is 11.8 Å². The number of carbonyl (C=O) groups excluding carboxylic acids is 2. The first-order valence-corrected chi connectivity index (χ1v) is 10.5. The van der Waals surface area contributed by atoms with Crippen molar-refractivity contribution in [3.05, 3.63) is 70.8 Å². The van der Waals surface area contributed by atoms with Crippen LogP contribution in [0.25, 0.3) is 0 Å². The highest BCUT2D eigenvalue weighted by Crippen LogP contribution is 2.36. The predicted molar refractivity (Wildman–Crippen MR) is 110 cm³/mol. The maximum absolute atomic E-state index is 13.7. The molecule has 0 aromatic heterocycles. The molecule has 158 valence electrons. The Morgan fingerprint density at radius 2 is 1.87 bits per heavy atom. The standard InChI is InChI=1S/C24H26F2N2O2/c1-15-9-18(7-8-22(15)26)19-11-20(14-28(13-19)24(30)17-5-6-17)23(29)27-12-16-3-2-4-21(25)10-16/h2-4,7-10,17,19-20H,5-6,11-14H2,1H3,(H,27,29). The molecule has 0 spiro atoms. The van der Waals surface area contributed by atoms with E-state index in [4.69, 9.17) is 0 Å². The van der Waals surface area contributed by atoms with Crippen LogP contribution in [-0.4, -0.2) is 29.8 Å². The third-order valence-electron chi connectivity index (χ3n) is 6.07. The second-order valence-corrected chi connectivity index (χ2v) is 8.50. The molecule has 2 aliphatic rings. The lowest BCUT2D eigenvalue weighted by Gasteiger charge is -2.37. The van der Waals surface area contributed by atoms with E-state index >= 15 is 0 Å². The molecule has 2 atom stereocenters. The zero-order chi connectivity index (χ0) is 21.3.